The summed E-state index contributed by atoms with van der Waals surface area (Å²) in [4.78, 5) is 4.89. The van der Waals surface area contributed by atoms with Crippen LogP contribution < -0.4 is 10.1 Å². The highest BCUT2D eigenvalue weighted by Gasteiger charge is 2.23. The molecule has 3 nitrogen and oxygen atoms in total. The maximum Gasteiger partial charge on any atom is 0.224 e. The Morgan fingerprint density at radius 3 is 2.52 bits per heavy atom. The third-order valence-electron chi connectivity index (χ3n) is 5.31. The third kappa shape index (κ3) is 2.71. The van der Waals surface area contributed by atoms with Crippen molar-refractivity contribution in [3.05, 3.63) is 66.2 Å². The molecule has 0 radical (unpaired) electrons. The summed E-state index contributed by atoms with van der Waals surface area (Å²) >= 11 is 0. The maximum absolute atomic E-state index is 6.07. The quantitative estimate of drug-likeness (QED) is 0.352. The molecule has 1 aromatic heterocycles. The molecular weight excluding hydrogens is 332 g/mol. The van der Waals surface area contributed by atoms with E-state index in [4.69, 9.17) is 9.72 Å². The second-order valence-corrected chi connectivity index (χ2v) is 7.11. The van der Waals surface area contributed by atoms with Gasteiger partial charge in [0, 0.05) is 11.9 Å². The van der Waals surface area contributed by atoms with Crippen molar-refractivity contribution < 1.29 is 4.74 Å². The van der Waals surface area contributed by atoms with Crippen LogP contribution in [0.4, 0.5) is 5.82 Å². The number of ether oxygens (including phenoxy) is 1. The minimum absolute atomic E-state index is 0.573. The molecule has 0 unspecified atom stereocenters. The first kappa shape index (κ1) is 16.1. The summed E-state index contributed by atoms with van der Waals surface area (Å²) in [5.74, 6) is 1.65. The lowest BCUT2D eigenvalue weighted by Crippen LogP contribution is -2.10. The van der Waals surface area contributed by atoms with E-state index in [0.717, 1.165) is 42.0 Å². The van der Waals surface area contributed by atoms with Crippen LogP contribution >= 0.6 is 0 Å². The van der Waals surface area contributed by atoms with E-state index in [1.54, 1.807) is 0 Å². The van der Waals surface area contributed by atoms with Crippen molar-refractivity contribution in [2.24, 2.45) is 0 Å². The molecule has 0 amide bonds. The van der Waals surface area contributed by atoms with Gasteiger partial charge in [0.2, 0.25) is 5.88 Å². The van der Waals surface area contributed by atoms with Gasteiger partial charge in [-0.15, -0.1) is 0 Å². The SMILES string of the molecule is CCCCNc1nc2c(c3cc4ccccc4cc13)-c1ccccc1CO2. The normalized spacial score (nSPS) is 12.5. The Labute approximate surface area is 159 Å². The van der Waals surface area contributed by atoms with Gasteiger partial charge in [-0.3, -0.25) is 0 Å². The number of rotatable bonds is 4. The van der Waals surface area contributed by atoms with Gasteiger partial charge in [0.1, 0.15) is 12.4 Å². The number of aromatic nitrogens is 1. The first-order chi connectivity index (χ1) is 13.3. The Balaban J connectivity index is 1.82. The first-order valence-electron chi connectivity index (χ1n) is 9.66. The predicted octanol–water partition coefficient (Wildman–Crippen LogP) is 6.16. The molecule has 3 aromatic carbocycles. The summed E-state index contributed by atoms with van der Waals surface area (Å²) in [7, 11) is 0. The van der Waals surface area contributed by atoms with E-state index in [1.807, 2.05) is 0 Å². The van der Waals surface area contributed by atoms with Crippen LogP contribution in [0.3, 0.4) is 0 Å². The molecule has 2 heterocycles. The van der Waals surface area contributed by atoms with Gasteiger partial charge >= 0.3 is 0 Å². The molecular formula is C24H22N2O. The van der Waals surface area contributed by atoms with Gasteiger partial charge in [-0.25, -0.2) is 0 Å². The lowest BCUT2D eigenvalue weighted by molar-refractivity contribution is 0.291. The molecule has 0 atom stereocenters. The van der Waals surface area contributed by atoms with Crippen molar-refractivity contribution in [2.45, 2.75) is 26.4 Å². The maximum atomic E-state index is 6.07. The number of benzene rings is 3. The van der Waals surface area contributed by atoms with E-state index in [1.165, 1.54) is 27.3 Å². The largest absolute Gasteiger partial charge is 0.472 e. The highest BCUT2D eigenvalue weighted by atomic mass is 16.5. The first-order valence-corrected chi connectivity index (χ1v) is 9.66. The van der Waals surface area contributed by atoms with Crippen molar-refractivity contribution in [3.8, 4) is 17.0 Å². The van der Waals surface area contributed by atoms with Crippen molar-refractivity contribution in [1.29, 1.82) is 0 Å². The number of pyridine rings is 1. The van der Waals surface area contributed by atoms with Crippen LogP contribution in [-0.4, -0.2) is 11.5 Å². The van der Waals surface area contributed by atoms with E-state index in [9.17, 15) is 0 Å². The Kier molecular flexibility index (Phi) is 3.93. The molecule has 1 N–H and O–H groups in total. The van der Waals surface area contributed by atoms with Crippen molar-refractivity contribution in [2.75, 3.05) is 11.9 Å². The Morgan fingerprint density at radius 2 is 1.70 bits per heavy atom. The van der Waals surface area contributed by atoms with Crippen LogP contribution in [-0.2, 0) is 6.61 Å². The monoisotopic (exact) mass is 354 g/mol. The van der Waals surface area contributed by atoms with Gasteiger partial charge in [-0.2, -0.15) is 4.98 Å². The lowest BCUT2D eigenvalue weighted by atomic mass is 9.93. The lowest BCUT2D eigenvalue weighted by Gasteiger charge is -2.23. The number of hydrogen-bond donors (Lipinski definition) is 1. The van der Waals surface area contributed by atoms with Gasteiger partial charge < -0.3 is 10.1 Å². The van der Waals surface area contributed by atoms with Crippen LogP contribution in [0.1, 0.15) is 25.3 Å². The number of anilines is 1. The van der Waals surface area contributed by atoms with Gasteiger partial charge in [-0.1, -0.05) is 61.9 Å². The second kappa shape index (κ2) is 6.58. The molecule has 0 bridgehead atoms. The molecule has 1 aliphatic rings. The molecule has 134 valence electrons. The Bertz CT molecular complexity index is 1150. The van der Waals surface area contributed by atoms with E-state index < -0.39 is 0 Å². The molecule has 4 aromatic rings. The Morgan fingerprint density at radius 1 is 0.963 bits per heavy atom. The fraction of sp³-hybridized carbons (Fsp3) is 0.208. The molecule has 0 saturated heterocycles. The molecule has 0 aliphatic carbocycles. The highest BCUT2D eigenvalue weighted by molar-refractivity contribution is 6.10. The molecule has 3 heteroatoms. The van der Waals surface area contributed by atoms with Gasteiger partial charge in [0.05, 0.1) is 5.56 Å². The predicted molar refractivity (Wildman–Crippen MR) is 112 cm³/mol. The molecule has 0 spiro atoms. The molecule has 1 aliphatic heterocycles. The number of nitrogens with one attached hydrogen (secondary N) is 1. The van der Waals surface area contributed by atoms with E-state index in [2.05, 4.69) is 72.9 Å². The number of nitrogens with zero attached hydrogens (tertiary/aromatic N) is 1. The van der Waals surface area contributed by atoms with Crippen molar-refractivity contribution in [1.82, 2.24) is 4.98 Å². The number of fused-ring (bicyclic) bond motifs is 6. The average Bonchev–Trinajstić information content (AvgIpc) is 2.72. The van der Waals surface area contributed by atoms with Gasteiger partial charge in [0.25, 0.3) is 0 Å². The van der Waals surface area contributed by atoms with E-state index in [-0.39, 0.29) is 0 Å². The molecule has 0 saturated carbocycles. The van der Waals surface area contributed by atoms with Crippen LogP contribution in [0.5, 0.6) is 5.88 Å². The van der Waals surface area contributed by atoms with Crippen LogP contribution in [0.15, 0.2) is 60.7 Å². The standard InChI is InChI=1S/C24H22N2O/c1-2-3-12-25-23-21-14-17-9-5-4-8-16(17)13-20(21)22-19-11-7-6-10-18(19)15-27-24(22)26-23/h4-11,13-14H,2-3,12,15H2,1H3,(H,25,26). The van der Waals surface area contributed by atoms with E-state index >= 15 is 0 Å². The molecule has 0 fully saturated rings. The Hall–Kier alpha value is -3.07. The van der Waals surface area contributed by atoms with E-state index in [0.29, 0.717) is 6.61 Å². The minimum atomic E-state index is 0.573. The van der Waals surface area contributed by atoms with Crippen LogP contribution in [0, 0.1) is 0 Å². The smallest absolute Gasteiger partial charge is 0.224 e. The topological polar surface area (TPSA) is 34.2 Å². The zero-order valence-electron chi connectivity index (χ0n) is 15.5. The van der Waals surface area contributed by atoms with Crippen molar-refractivity contribution >= 4 is 27.4 Å². The third-order valence-corrected chi connectivity index (χ3v) is 5.31. The second-order valence-electron chi connectivity index (χ2n) is 7.11. The number of unbranched alkanes of at least 4 members (excludes halogenated alkanes) is 1. The summed E-state index contributed by atoms with van der Waals surface area (Å²) < 4.78 is 6.07. The highest BCUT2D eigenvalue weighted by Crippen LogP contribution is 2.44. The van der Waals surface area contributed by atoms with Crippen LogP contribution in [0.2, 0.25) is 0 Å². The summed E-state index contributed by atoms with van der Waals surface area (Å²) in [6, 6.07) is 21.5. The van der Waals surface area contributed by atoms with Crippen LogP contribution in [0.25, 0.3) is 32.7 Å². The van der Waals surface area contributed by atoms with Gasteiger partial charge in [-0.05, 0) is 45.8 Å². The zero-order valence-corrected chi connectivity index (χ0v) is 15.5. The summed E-state index contributed by atoms with van der Waals surface area (Å²) in [6.45, 7) is 3.69. The van der Waals surface area contributed by atoms with Gasteiger partial charge in [0.15, 0.2) is 0 Å². The average molecular weight is 354 g/mol. The summed E-state index contributed by atoms with van der Waals surface area (Å²) in [5.41, 5.74) is 3.55. The molecule has 5 rings (SSSR count). The minimum Gasteiger partial charge on any atom is -0.472 e. The fourth-order valence-corrected chi connectivity index (χ4v) is 3.90. The number of hydrogen-bond acceptors (Lipinski definition) is 3. The molecule has 27 heavy (non-hydrogen) atoms. The van der Waals surface area contributed by atoms with Crippen molar-refractivity contribution in [3.63, 3.8) is 0 Å². The zero-order chi connectivity index (χ0) is 18.2. The summed E-state index contributed by atoms with van der Waals surface area (Å²) in [6.07, 6.45) is 2.28. The summed E-state index contributed by atoms with van der Waals surface area (Å²) in [5, 5.41) is 8.36. The fourth-order valence-electron chi connectivity index (χ4n) is 3.90.